The van der Waals surface area contributed by atoms with Crippen LogP contribution in [0.15, 0.2) is 9.95 Å². The number of carbonyl (C=O) groups excluding carboxylic acids is 1. The van der Waals surface area contributed by atoms with Gasteiger partial charge < -0.3 is 5.32 Å². The van der Waals surface area contributed by atoms with Gasteiger partial charge in [-0.2, -0.15) is 0 Å². The molecule has 0 radical (unpaired) electrons. The average molecular weight is 364 g/mol. The minimum absolute atomic E-state index is 0.0122. The number of carbonyl (C=O) groups is 1. The molecule has 1 N–H and O–H groups in total. The van der Waals surface area contributed by atoms with E-state index < -0.39 is 0 Å². The molecule has 0 aliphatic heterocycles. The van der Waals surface area contributed by atoms with E-state index in [2.05, 4.69) is 23.1 Å². The predicted molar refractivity (Wildman–Crippen MR) is 101 cm³/mol. The van der Waals surface area contributed by atoms with E-state index in [4.69, 9.17) is 6.42 Å². The fraction of sp³-hybridized carbons (Fsp3) is 0.471. The zero-order valence-corrected chi connectivity index (χ0v) is 15.8. The summed E-state index contributed by atoms with van der Waals surface area (Å²) in [6, 6.07) is 0. The SMILES string of the molecule is C#CCNC(=O)CSc1nc2sc(C)c(C)c2c(=O)n1CCCC. The summed E-state index contributed by atoms with van der Waals surface area (Å²) in [4.78, 5) is 31.2. The molecule has 24 heavy (non-hydrogen) atoms. The summed E-state index contributed by atoms with van der Waals surface area (Å²) >= 11 is 2.80. The second kappa shape index (κ2) is 8.36. The molecule has 0 atom stereocenters. The van der Waals surface area contributed by atoms with Crippen molar-refractivity contribution in [1.82, 2.24) is 14.9 Å². The van der Waals surface area contributed by atoms with Crippen molar-refractivity contribution in [2.45, 2.75) is 45.3 Å². The number of amides is 1. The third-order valence-electron chi connectivity index (χ3n) is 3.71. The summed E-state index contributed by atoms with van der Waals surface area (Å²) in [5, 5.41) is 3.92. The maximum absolute atomic E-state index is 12.9. The van der Waals surface area contributed by atoms with Crippen LogP contribution in [0.5, 0.6) is 0 Å². The molecule has 7 heteroatoms. The Morgan fingerprint density at radius 3 is 2.88 bits per heavy atom. The second-order valence-electron chi connectivity index (χ2n) is 5.44. The first-order valence-electron chi connectivity index (χ1n) is 7.83. The van der Waals surface area contributed by atoms with Crippen molar-refractivity contribution >= 4 is 39.2 Å². The second-order valence-corrected chi connectivity index (χ2v) is 7.58. The lowest BCUT2D eigenvalue weighted by Crippen LogP contribution is -2.27. The maximum Gasteiger partial charge on any atom is 0.263 e. The van der Waals surface area contributed by atoms with Crippen molar-refractivity contribution in [3.63, 3.8) is 0 Å². The minimum Gasteiger partial charge on any atom is -0.344 e. The lowest BCUT2D eigenvalue weighted by atomic mass is 10.2. The molecule has 5 nitrogen and oxygen atoms in total. The van der Waals surface area contributed by atoms with Gasteiger partial charge in [-0.05, 0) is 25.8 Å². The van der Waals surface area contributed by atoms with Gasteiger partial charge in [-0.1, -0.05) is 31.0 Å². The molecule has 0 bridgehead atoms. The lowest BCUT2D eigenvalue weighted by Gasteiger charge is -2.11. The summed E-state index contributed by atoms with van der Waals surface area (Å²) in [5.41, 5.74) is 0.989. The lowest BCUT2D eigenvalue weighted by molar-refractivity contribution is -0.118. The molecule has 2 aromatic heterocycles. The van der Waals surface area contributed by atoms with Crippen molar-refractivity contribution < 1.29 is 4.79 Å². The van der Waals surface area contributed by atoms with Crippen molar-refractivity contribution in [2.24, 2.45) is 0 Å². The van der Waals surface area contributed by atoms with Gasteiger partial charge in [0.15, 0.2) is 5.16 Å². The first-order valence-corrected chi connectivity index (χ1v) is 9.63. The van der Waals surface area contributed by atoms with E-state index in [0.717, 1.165) is 28.1 Å². The third-order valence-corrected chi connectivity index (χ3v) is 5.79. The monoisotopic (exact) mass is 363 g/mol. The van der Waals surface area contributed by atoms with Gasteiger partial charge in [-0.3, -0.25) is 14.2 Å². The molecule has 2 aromatic rings. The number of fused-ring (bicyclic) bond motifs is 1. The predicted octanol–water partition coefficient (Wildman–Crippen LogP) is 2.72. The molecule has 1 amide bonds. The number of hydrogen-bond donors (Lipinski definition) is 1. The molecule has 128 valence electrons. The van der Waals surface area contributed by atoms with Crippen molar-refractivity contribution in [2.75, 3.05) is 12.3 Å². The highest BCUT2D eigenvalue weighted by Crippen LogP contribution is 2.28. The van der Waals surface area contributed by atoms with Gasteiger partial charge in [0, 0.05) is 11.4 Å². The molecular formula is C17H21N3O2S2. The van der Waals surface area contributed by atoms with Gasteiger partial charge in [-0.25, -0.2) is 4.98 Å². The van der Waals surface area contributed by atoms with E-state index in [1.807, 2.05) is 13.8 Å². The first-order chi connectivity index (χ1) is 11.5. The number of aromatic nitrogens is 2. The van der Waals surface area contributed by atoms with Gasteiger partial charge >= 0.3 is 0 Å². The Labute approximate surface area is 149 Å². The quantitative estimate of drug-likeness (QED) is 0.467. The van der Waals surface area contributed by atoms with Crippen LogP contribution in [-0.2, 0) is 11.3 Å². The molecule has 0 unspecified atom stereocenters. The highest BCUT2D eigenvalue weighted by atomic mass is 32.2. The number of nitrogens with zero attached hydrogens (tertiary/aromatic N) is 2. The summed E-state index contributed by atoms with van der Waals surface area (Å²) in [6.07, 6.45) is 7.01. The smallest absolute Gasteiger partial charge is 0.263 e. The summed E-state index contributed by atoms with van der Waals surface area (Å²) < 4.78 is 1.70. The number of rotatable bonds is 7. The molecule has 0 saturated heterocycles. The Hall–Kier alpha value is -1.78. The average Bonchev–Trinajstić information content (AvgIpc) is 2.84. The number of hydrogen-bond acceptors (Lipinski definition) is 5. The minimum atomic E-state index is -0.159. The van der Waals surface area contributed by atoms with Gasteiger partial charge in [0.25, 0.3) is 5.56 Å². The van der Waals surface area contributed by atoms with Crippen LogP contribution in [0.4, 0.5) is 0 Å². The number of thioether (sulfide) groups is 1. The summed E-state index contributed by atoms with van der Waals surface area (Å²) in [7, 11) is 0. The molecule has 0 spiro atoms. The Balaban J connectivity index is 2.38. The number of unbranched alkanes of at least 4 members (excludes halogenated alkanes) is 1. The van der Waals surface area contributed by atoms with Crippen LogP contribution in [0.2, 0.25) is 0 Å². The maximum atomic E-state index is 12.9. The molecule has 0 fully saturated rings. The van der Waals surface area contributed by atoms with E-state index in [-0.39, 0.29) is 23.8 Å². The van der Waals surface area contributed by atoms with Crippen LogP contribution < -0.4 is 10.9 Å². The summed E-state index contributed by atoms with van der Waals surface area (Å²) in [6.45, 7) is 6.86. The van der Waals surface area contributed by atoms with Crippen LogP contribution in [0.1, 0.15) is 30.2 Å². The van der Waals surface area contributed by atoms with Gasteiger partial charge in [0.2, 0.25) is 5.91 Å². The van der Waals surface area contributed by atoms with Gasteiger partial charge in [0.1, 0.15) is 4.83 Å². The summed E-state index contributed by atoms with van der Waals surface area (Å²) in [5.74, 6) is 2.40. The van der Waals surface area contributed by atoms with E-state index in [0.29, 0.717) is 17.1 Å². The standard InChI is InChI=1S/C17H21N3O2S2/c1-5-7-9-20-16(22)14-11(3)12(4)24-15(14)19-17(20)23-10-13(21)18-8-6-2/h2H,5,7-10H2,1,3-4H3,(H,18,21). The van der Waals surface area contributed by atoms with E-state index in [9.17, 15) is 9.59 Å². The fourth-order valence-corrected chi connectivity index (χ4v) is 4.19. The number of thiophene rings is 1. The highest BCUT2D eigenvalue weighted by Gasteiger charge is 2.17. The van der Waals surface area contributed by atoms with Crippen LogP contribution in [-0.4, -0.2) is 27.8 Å². The Kier molecular flexibility index (Phi) is 6.46. The van der Waals surface area contributed by atoms with E-state index >= 15 is 0 Å². The zero-order chi connectivity index (χ0) is 17.7. The molecule has 2 heterocycles. The van der Waals surface area contributed by atoms with E-state index in [1.54, 1.807) is 4.57 Å². The van der Waals surface area contributed by atoms with Crippen molar-refractivity contribution in [3.05, 3.63) is 20.8 Å². The molecule has 0 aromatic carbocycles. The Morgan fingerprint density at radius 1 is 1.46 bits per heavy atom. The van der Waals surface area contributed by atoms with Gasteiger partial charge in [0.05, 0.1) is 17.7 Å². The largest absolute Gasteiger partial charge is 0.344 e. The van der Waals surface area contributed by atoms with Crippen LogP contribution in [0, 0.1) is 26.2 Å². The number of nitrogens with one attached hydrogen (secondary N) is 1. The third kappa shape index (κ3) is 4.00. The van der Waals surface area contributed by atoms with Crippen LogP contribution >= 0.6 is 23.1 Å². The Bertz CT molecular complexity index is 846. The van der Waals surface area contributed by atoms with Crippen LogP contribution in [0.25, 0.3) is 10.2 Å². The molecular weight excluding hydrogens is 342 g/mol. The van der Waals surface area contributed by atoms with Crippen LogP contribution in [0.3, 0.4) is 0 Å². The molecule has 2 rings (SSSR count). The molecule has 0 aliphatic rings. The highest BCUT2D eigenvalue weighted by molar-refractivity contribution is 7.99. The molecule has 0 saturated carbocycles. The topological polar surface area (TPSA) is 64.0 Å². The Morgan fingerprint density at radius 2 is 2.21 bits per heavy atom. The first kappa shape index (κ1) is 18.6. The van der Waals surface area contributed by atoms with Crippen molar-refractivity contribution in [1.29, 1.82) is 0 Å². The normalized spacial score (nSPS) is 10.8. The fourth-order valence-electron chi connectivity index (χ4n) is 2.26. The van der Waals surface area contributed by atoms with Crippen molar-refractivity contribution in [3.8, 4) is 12.3 Å². The molecule has 0 aliphatic carbocycles. The zero-order valence-electron chi connectivity index (χ0n) is 14.1. The van der Waals surface area contributed by atoms with Gasteiger partial charge in [-0.15, -0.1) is 17.8 Å². The number of aryl methyl sites for hydroxylation is 2. The van der Waals surface area contributed by atoms with E-state index in [1.165, 1.54) is 23.1 Å². The number of terminal acetylenes is 1.